The summed E-state index contributed by atoms with van der Waals surface area (Å²) in [5.74, 6) is 0.0379. The Balaban J connectivity index is 2.54. The Hall–Kier alpha value is -0.870. The first-order chi connectivity index (χ1) is 6.27. The highest BCUT2D eigenvalue weighted by atomic mass is 32.1. The summed E-state index contributed by atoms with van der Waals surface area (Å²) >= 11 is 1.67. The van der Waals surface area contributed by atoms with Crippen molar-refractivity contribution >= 4 is 17.2 Å². The maximum atomic E-state index is 11.3. The average Bonchev–Trinajstić information content (AvgIpc) is 2.65. The summed E-state index contributed by atoms with van der Waals surface area (Å²) in [6.07, 6.45) is 0.758. The predicted octanol–water partition coefficient (Wildman–Crippen LogP) is 0.625. The summed E-state index contributed by atoms with van der Waals surface area (Å²) in [5, 5.41) is 7.64. The molecule has 0 spiro atoms. The van der Waals surface area contributed by atoms with E-state index in [0.29, 0.717) is 0 Å². The molecule has 0 aliphatic heterocycles. The fourth-order valence-electron chi connectivity index (χ4n) is 1.13. The highest BCUT2D eigenvalue weighted by molar-refractivity contribution is 7.09. The highest BCUT2D eigenvalue weighted by Gasteiger charge is 2.15. The maximum Gasteiger partial charge on any atom is 0.237 e. The summed E-state index contributed by atoms with van der Waals surface area (Å²) in [7, 11) is 3.45. The number of hydrogen-bond acceptors (Lipinski definition) is 3. The lowest BCUT2D eigenvalue weighted by molar-refractivity contribution is -0.122. The standard InChI is InChI=1S/C9H14N2OS/c1-10-8(9(12)11-2)6-7-4-3-5-13-7/h3-5,8,10H,6H2,1-2H3,(H,11,12)/t8-/m1/s1. The lowest BCUT2D eigenvalue weighted by Gasteiger charge is -2.12. The van der Waals surface area contributed by atoms with Crippen molar-refractivity contribution in [1.82, 2.24) is 10.6 Å². The van der Waals surface area contributed by atoms with Crippen LogP contribution in [-0.2, 0) is 11.2 Å². The number of carbonyl (C=O) groups is 1. The van der Waals surface area contributed by atoms with Gasteiger partial charge in [0.25, 0.3) is 0 Å². The predicted molar refractivity (Wildman–Crippen MR) is 54.9 cm³/mol. The third kappa shape index (κ3) is 2.82. The molecule has 0 aromatic carbocycles. The molecular weight excluding hydrogens is 184 g/mol. The van der Waals surface area contributed by atoms with Crippen LogP contribution in [0, 0.1) is 0 Å². The van der Waals surface area contributed by atoms with Gasteiger partial charge in [0.15, 0.2) is 0 Å². The van der Waals surface area contributed by atoms with Crippen molar-refractivity contribution in [3.8, 4) is 0 Å². The minimum absolute atomic E-state index is 0.0379. The van der Waals surface area contributed by atoms with Gasteiger partial charge in [-0.2, -0.15) is 0 Å². The molecule has 1 heterocycles. The third-order valence-corrected chi connectivity index (χ3v) is 2.80. The van der Waals surface area contributed by atoms with E-state index < -0.39 is 0 Å². The van der Waals surface area contributed by atoms with Gasteiger partial charge in [0.1, 0.15) is 0 Å². The van der Waals surface area contributed by atoms with Gasteiger partial charge < -0.3 is 10.6 Å². The van der Waals surface area contributed by atoms with Gasteiger partial charge in [0.2, 0.25) is 5.91 Å². The van der Waals surface area contributed by atoms with E-state index in [1.54, 1.807) is 25.4 Å². The molecule has 4 heteroatoms. The lowest BCUT2D eigenvalue weighted by Crippen LogP contribution is -2.42. The Bertz CT molecular complexity index is 259. The van der Waals surface area contributed by atoms with Gasteiger partial charge in [-0.05, 0) is 18.5 Å². The molecule has 0 aliphatic carbocycles. The van der Waals surface area contributed by atoms with E-state index >= 15 is 0 Å². The monoisotopic (exact) mass is 198 g/mol. The van der Waals surface area contributed by atoms with Gasteiger partial charge in [0, 0.05) is 18.3 Å². The van der Waals surface area contributed by atoms with Crippen molar-refractivity contribution < 1.29 is 4.79 Å². The van der Waals surface area contributed by atoms with Crippen molar-refractivity contribution in [3.05, 3.63) is 22.4 Å². The number of amides is 1. The molecule has 0 unspecified atom stereocenters. The average molecular weight is 198 g/mol. The molecule has 1 aromatic heterocycles. The Morgan fingerprint density at radius 3 is 2.85 bits per heavy atom. The van der Waals surface area contributed by atoms with Crippen molar-refractivity contribution in [2.75, 3.05) is 14.1 Å². The van der Waals surface area contributed by atoms with Gasteiger partial charge in [-0.15, -0.1) is 11.3 Å². The van der Waals surface area contributed by atoms with Gasteiger partial charge in [-0.1, -0.05) is 6.07 Å². The number of likely N-dealkylation sites (N-methyl/N-ethyl adjacent to an activating group) is 2. The van der Waals surface area contributed by atoms with Crippen molar-refractivity contribution in [2.24, 2.45) is 0 Å². The zero-order chi connectivity index (χ0) is 9.68. The maximum absolute atomic E-state index is 11.3. The summed E-state index contributed by atoms with van der Waals surface area (Å²) in [6, 6.07) is 3.91. The summed E-state index contributed by atoms with van der Waals surface area (Å²) < 4.78 is 0. The van der Waals surface area contributed by atoms with Gasteiger partial charge in [-0.25, -0.2) is 0 Å². The van der Waals surface area contributed by atoms with Crippen LogP contribution in [0.1, 0.15) is 4.88 Å². The third-order valence-electron chi connectivity index (χ3n) is 1.90. The smallest absolute Gasteiger partial charge is 0.237 e. The van der Waals surface area contributed by atoms with E-state index in [2.05, 4.69) is 10.6 Å². The minimum Gasteiger partial charge on any atom is -0.358 e. The normalized spacial score (nSPS) is 12.5. The van der Waals surface area contributed by atoms with E-state index in [4.69, 9.17) is 0 Å². The summed E-state index contributed by atoms with van der Waals surface area (Å²) in [6.45, 7) is 0. The molecule has 1 atom stereocenters. The zero-order valence-electron chi connectivity index (χ0n) is 7.83. The molecule has 3 nitrogen and oxygen atoms in total. The minimum atomic E-state index is -0.122. The molecule has 0 radical (unpaired) electrons. The second kappa shape index (κ2) is 4.99. The quantitative estimate of drug-likeness (QED) is 0.745. The molecule has 1 aromatic rings. The van der Waals surface area contributed by atoms with Crippen molar-refractivity contribution in [1.29, 1.82) is 0 Å². The molecule has 0 aliphatic rings. The lowest BCUT2D eigenvalue weighted by atomic mass is 10.1. The molecule has 0 fully saturated rings. The fraction of sp³-hybridized carbons (Fsp3) is 0.444. The van der Waals surface area contributed by atoms with Gasteiger partial charge in [-0.3, -0.25) is 4.79 Å². The van der Waals surface area contributed by atoms with Gasteiger partial charge in [0.05, 0.1) is 6.04 Å². The Kier molecular flexibility index (Phi) is 3.92. The van der Waals surface area contributed by atoms with Gasteiger partial charge >= 0.3 is 0 Å². The number of carbonyl (C=O) groups excluding carboxylic acids is 1. The van der Waals surface area contributed by atoms with Crippen LogP contribution in [0.4, 0.5) is 0 Å². The van der Waals surface area contributed by atoms with E-state index in [1.807, 2.05) is 17.5 Å². The number of thiophene rings is 1. The second-order valence-electron chi connectivity index (χ2n) is 2.74. The van der Waals surface area contributed by atoms with Crippen LogP contribution >= 0.6 is 11.3 Å². The number of rotatable bonds is 4. The second-order valence-corrected chi connectivity index (χ2v) is 3.77. The van der Waals surface area contributed by atoms with E-state index in [9.17, 15) is 4.79 Å². The van der Waals surface area contributed by atoms with Crippen LogP contribution in [0.5, 0.6) is 0 Å². The Labute approximate surface area is 82.2 Å². The van der Waals surface area contributed by atoms with Crippen LogP contribution in [0.15, 0.2) is 17.5 Å². The zero-order valence-corrected chi connectivity index (χ0v) is 8.65. The van der Waals surface area contributed by atoms with Crippen LogP contribution in [-0.4, -0.2) is 26.0 Å². The summed E-state index contributed by atoms with van der Waals surface area (Å²) in [4.78, 5) is 12.5. The highest BCUT2D eigenvalue weighted by Crippen LogP contribution is 2.10. The van der Waals surface area contributed by atoms with E-state index in [0.717, 1.165) is 6.42 Å². The molecule has 1 rings (SSSR count). The first-order valence-electron chi connectivity index (χ1n) is 4.19. The molecule has 2 N–H and O–H groups in total. The number of nitrogens with one attached hydrogen (secondary N) is 2. The largest absolute Gasteiger partial charge is 0.358 e. The van der Waals surface area contributed by atoms with Crippen LogP contribution in [0.3, 0.4) is 0 Å². The Morgan fingerprint density at radius 2 is 2.38 bits per heavy atom. The van der Waals surface area contributed by atoms with Crippen LogP contribution in [0.25, 0.3) is 0 Å². The molecule has 0 saturated carbocycles. The first-order valence-corrected chi connectivity index (χ1v) is 5.07. The molecule has 0 bridgehead atoms. The van der Waals surface area contributed by atoms with E-state index in [1.165, 1.54) is 4.88 Å². The fourth-order valence-corrected chi connectivity index (χ4v) is 1.88. The van der Waals surface area contributed by atoms with E-state index in [-0.39, 0.29) is 11.9 Å². The SMILES string of the molecule is CNC(=O)[C@@H](Cc1cccs1)NC. The van der Waals surface area contributed by atoms with Crippen LogP contribution < -0.4 is 10.6 Å². The van der Waals surface area contributed by atoms with Crippen molar-refractivity contribution in [3.63, 3.8) is 0 Å². The Morgan fingerprint density at radius 1 is 1.62 bits per heavy atom. The van der Waals surface area contributed by atoms with Crippen molar-refractivity contribution in [2.45, 2.75) is 12.5 Å². The molecular formula is C9H14N2OS. The van der Waals surface area contributed by atoms with Crippen LogP contribution in [0.2, 0.25) is 0 Å². The molecule has 1 amide bonds. The molecule has 0 saturated heterocycles. The number of hydrogen-bond donors (Lipinski definition) is 2. The first kappa shape index (κ1) is 10.2. The summed E-state index contributed by atoms with van der Waals surface area (Å²) in [5.41, 5.74) is 0. The molecule has 72 valence electrons. The molecule has 13 heavy (non-hydrogen) atoms. The topological polar surface area (TPSA) is 41.1 Å².